The zero-order chi connectivity index (χ0) is 28.4. The van der Waals surface area contributed by atoms with E-state index < -0.39 is 10.8 Å². The molecule has 5 heteroatoms. The van der Waals surface area contributed by atoms with Gasteiger partial charge in [0.2, 0.25) is 0 Å². The van der Waals surface area contributed by atoms with E-state index in [0.29, 0.717) is 16.7 Å². The van der Waals surface area contributed by atoms with Crippen molar-refractivity contribution in [1.82, 2.24) is 0 Å². The molecule has 4 aliphatic carbocycles. The van der Waals surface area contributed by atoms with E-state index >= 15 is 0 Å². The molecular weight excluding hydrogens is 528 g/mol. The first-order valence-electron chi connectivity index (χ1n) is 14.1. The minimum absolute atomic E-state index is 0.0885. The summed E-state index contributed by atoms with van der Waals surface area (Å²) < 4.78 is 19.8. The Morgan fingerprint density at radius 3 is 2.41 bits per heavy atom. The Kier molecular flexibility index (Phi) is 6.16. The van der Waals surface area contributed by atoms with Crippen LogP contribution in [0.15, 0.2) is 93.8 Å². The van der Waals surface area contributed by atoms with Crippen LogP contribution in [0.2, 0.25) is 0 Å². The summed E-state index contributed by atoms with van der Waals surface area (Å²) in [4.78, 5) is 28.4. The van der Waals surface area contributed by atoms with Crippen molar-refractivity contribution in [3.8, 4) is 5.75 Å². The van der Waals surface area contributed by atoms with Gasteiger partial charge in [-0.15, -0.1) is 0 Å². The Morgan fingerprint density at radius 1 is 0.854 bits per heavy atom. The van der Waals surface area contributed by atoms with Gasteiger partial charge in [-0.3, -0.25) is 9.59 Å². The Balaban J connectivity index is 1.45. The van der Waals surface area contributed by atoms with Crippen molar-refractivity contribution in [2.45, 2.75) is 50.3 Å². The van der Waals surface area contributed by atoms with E-state index in [1.54, 1.807) is 14.0 Å². The van der Waals surface area contributed by atoms with Gasteiger partial charge in [-0.1, -0.05) is 47.6 Å². The largest absolute Gasteiger partial charge is 0.496 e. The Bertz CT molecular complexity index is 1830. The quantitative estimate of drug-likeness (QED) is 0.336. The lowest BCUT2D eigenvalue weighted by molar-refractivity contribution is 0.0984. The predicted octanol–water partition coefficient (Wildman–Crippen LogP) is 7.37. The zero-order valence-corrected chi connectivity index (χ0v) is 24.2. The minimum Gasteiger partial charge on any atom is -0.496 e. The summed E-state index contributed by atoms with van der Waals surface area (Å²) in [6, 6.07) is 15.8. The van der Waals surface area contributed by atoms with Gasteiger partial charge in [0.1, 0.15) is 5.75 Å². The number of allylic oxidation sites excluding steroid dienone is 7. The fraction of sp³-hybridized carbons (Fsp3) is 0.222. The first-order valence-corrected chi connectivity index (χ1v) is 15.2. The van der Waals surface area contributed by atoms with Crippen LogP contribution < -0.4 is 4.74 Å². The average Bonchev–Trinajstić information content (AvgIpc) is 3.48. The van der Waals surface area contributed by atoms with Crippen molar-refractivity contribution in [1.29, 1.82) is 0 Å². The molecule has 4 aliphatic rings. The topological polar surface area (TPSA) is 60.4 Å². The molecule has 0 aromatic heterocycles. The first kappa shape index (κ1) is 25.8. The molecular formula is C36H30O4S. The molecule has 0 aliphatic heterocycles. The van der Waals surface area contributed by atoms with E-state index in [1.807, 2.05) is 61.5 Å². The molecule has 204 valence electrons. The number of ketones is 2. The average molecular weight is 559 g/mol. The molecule has 0 radical (unpaired) electrons. The number of benzene rings is 3. The number of rotatable bonds is 4. The highest BCUT2D eigenvalue weighted by Crippen LogP contribution is 2.51. The third-order valence-electron chi connectivity index (χ3n) is 8.89. The molecule has 7 rings (SSSR count). The van der Waals surface area contributed by atoms with Gasteiger partial charge in [0, 0.05) is 38.0 Å². The molecule has 0 saturated heterocycles. The lowest BCUT2D eigenvalue weighted by atomic mass is 9.69. The maximum absolute atomic E-state index is 13.9. The SMILES string of the molecule is COc1ccc(C2C=CC=C2S(=O)c2ccc(C)cc2)c2c1CCC1=C2c2c(ccc3c2C(=O)C=C(C)C3=O)CC1. The second-order valence-corrected chi connectivity index (χ2v) is 12.7. The van der Waals surface area contributed by atoms with Crippen LogP contribution >= 0.6 is 0 Å². The number of carbonyl (C=O) groups excluding carboxylic acids is 2. The number of Topliss-reactive ketones (excluding diaryl/α,β-unsaturated/α-hetero) is 1. The third kappa shape index (κ3) is 3.98. The predicted molar refractivity (Wildman–Crippen MR) is 162 cm³/mol. The monoisotopic (exact) mass is 558 g/mol. The van der Waals surface area contributed by atoms with Gasteiger partial charge in [0.25, 0.3) is 0 Å². The van der Waals surface area contributed by atoms with Gasteiger partial charge in [-0.05, 0) is 104 Å². The molecule has 3 aromatic carbocycles. The highest BCUT2D eigenvalue weighted by atomic mass is 32.2. The van der Waals surface area contributed by atoms with Crippen molar-refractivity contribution in [2.24, 2.45) is 0 Å². The molecule has 0 saturated carbocycles. The molecule has 0 bridgehead atoms. The molecule has 2 unspecified atom stereocenters. The van der Waals surface area contributed by atoms with Gasteiger partial charge in [0.05, 0.1) is 17.9 Å². The van der Waals surface area contributed by atoms with Crippen LogP contribution in [-0.4, -0.2) is 22.9 Å². The summed E-state index contributed by atoms with van der Waals surface area (Å²) in [5.74, 6) is 0.432. The van der Waals surface area contributed by atoms with Crippen LogP contribution in [-0.2, 0) is 23.6 Å². The molecule has 0 amide bonds. The van der Waals surface area contributed by atoms with Crippen LogP contribution in [0.1, 0.15) is 79.8 Å². The maximum atomic E-state index is 13.9. The van der Waals surface area contributed by atoms with Crippen molar-refractivity contribution in [2.75, 3.05) is 7.11 Å². The molecule has 0 N–H and O–H groups in total. The number of carbonyl (C=O) groups is 2. The van der Waals surface area contributed by atoms with Crippen molar-refractivity contribution in [3.63, 3.8) is 0 Å². The van der Waals surface area contributed by atoms with E-state index in [-0.39, 0.29) is 17.5 Å². The van der Waals surface area contributed by atoms with Crippen LogP contribution in [0.4, 0.5) is 0 Å². The van der Waals surface area contributed by atoms with E-state index in [2.05, 4.69) is 12.1 Å². The molecule has 4 nitrogen and oxygen atoms in total. The molecule has 2 atom stereocenters. The number of ether oxygens (including phenoxy) is 1. The van der Waals surface area contributed by atoms with Gasteiger partial charge in [0.15, 0.2) is 11.6 Å². The van der Waals surface area contributed by atoms with E-state index in [0.717, 1.165) is 80.2 Å². The van der Waals surface area contributed by atoms with Crippen molar-refractivity contribution >= 4 is 27.9 Å². The zero-order valence-electron chi connectivity index (χ0n) is 23.4. The summed E-state index contributed by atoms with van der Waals surface area (Å²) in [5.41, 5.74) is 10.2. The number of hydrogen-bond donors (Lipinski definition) is 0. The van der Waals surface area contributed by atoms with Crippen molar-refractivity contribution in [3.05, 3.63) is 133 Å². The van der Waals surface area contributed by atoms with E-state index in [1.165, 1.54) is 11.6 Å². The van der Waals surface area contributed by atoms with Crippen LogP contribution in [0.25, 0.3) is 5.57 Å². The lowest BCUT2D eigenvalue weighted by Gasteiger charge is -2.35. The number of aryl methyl sites for hydroxylation is 2. The summed E-state index contributed by atoms with van der Waals surface area (Å²) in [5, 5.41) is 0. The Hall–Kier alpha value is -4.09. The second-order valence-electron chi connectivity index (χ2n) is 11.2. The maximum Gasteiger partial charge on any atom is 0.189 e. The Labute approximate surface area is 242 Å². The molecule has 0 fully saturated rings. The molecule has 0 spiro atoms. The fourth-order valence-corrected chi connectivity index (χ4v) is 8.17. The first-order chi connectivity index (χ1) is 19.9. The van der Waals surface area contributed by atoms with E-state index in [9.17, 15) is 13.8 Å². The minimum atomic E-state index is -1.33. The smallest absolute Gasteiger partial charge is 0.189 e. The highest BCUT2D eigenvalue weighted by Gasteiger charge is 2.37. The van der Waals surface area contributed by atoms with Gasteiger partial charge < -0.3 is 4.74 Å². The summed E-state index contributed by atoms with van der Waals surface area (Å²) >= 11 is 0. The number of hydrogen-bond acceptors (Lipinski definition) is 4. The Morgan fingerprint density at radius 2 is 1.63 bits per heavy atom. The summed E-state index contributed by atoms with van der Waals surface area (Å²) in [6.07, 6.45) is 11.0. The normalized spacial score (nSPS) is 19.6. The van der Waals surface area contributed by atoms with Crippen LogP contribution in [0.5, 0.6) is 5.75 Å². The molecule has 0 heterocycles. The summed E-state index contributed by atoms with van der Waals surface area (Å²) in [6.45, 7) is 3.73. The van der Waals surface area contributed by atoms with Crippen LogP contribution in [0, 0.1) is 6.92 Å². The number of methoxy groups -OCH3 is 1. The highest BCUT2D eigenvalue weighted by molar-refractivity contribution is 7.89. The van der Waals surface area contributed by atoms with Gasteiger partial charge in [-0.25, -0.2) is 4.21 Å². The fourth-order valence-electron chi connectivity index (χ4n) is 6.88. The van der Waals surface area contributed by atoms with Crippen LogP contribution in [0.3, 0.4) is 0 Å². The molecule has 3 aromatic rings. The molecule has 41 heavy (non-hydrogen) atoms. The standard InChI is InChI=1S/C36H30O4S/c1-20-7-13-24(14-8-20)41(39)31-6-4-5-25(31)26-17-18-30(40-3)27-15-11-22-9-10-23-12-16-28-35(33(23)32(22)34(26)27)29(37)19-21(2)36(28)38/h4-8,12-14,16-19,25H,9-11,15H2,1-3H3. The second kappa shape index (κ2) is 9.78. The number of fused-ring (bicyclic) bond motifs is 6. The summed E-state index contributed by atoms with van der Waals surface area (Å²) in [7, 11) is 0.361. The lowest BCUT2D eigenvalue weighted by Crippen LogP contribution is -2.23. The third-order valence-corrected chi connectivity index (χ3v) is 10.4. The van der Waals surface area contributed by atoms with Gasteiger partial charge >= 0.3 is 0 Å². The van der Waals surface area contributed by atoms with Crippen molar-refractivity contribution < 1.29 is 18.5 Å². The van der Waals surface area contributed by atoms with Gasteiger partial charge in [-0.2, -0.15) is 0 Å². The van der Waals surface area contributed by atoms with E-state index in [4.69, 9.17) is 4.74 Å².